The standard InChI is InChI=1S/C31H38O9/c1-18-12-13-22(39-27(35)21-10-8-7-9-11-21)24-28(4)14-15-31(16-23(34)36-17-31)40-30(28,6)26(38-20(3)33)25(29(18,24)5)37-19(2)32/h7-12,22,24-26H,13-17H2,1-6H3/t22-,24-,25+,26+,28+,29+,30-,31-/m1/s1. The molecule has 0 N–H and O–H groups in total. The molecule has 0 radical (unpaired) electrons. The Labute approximate surface area is 234 Å². The largest absolute Gasteiger partial charge is 0.463 e. The van der Waals surface area contributed by atoms with Gasteiger partial charge in [-0.3, -0.25) is 14.4 Å². The molecule has 9 heteroatoms. The van der Waals surface area contributed by atoms with Crippen molar-refractivity contribution < 1.29 is 42.9 Å². The lowest BCUT2D eigenvalue weighted by Gasteiger charge is -2.70. The minimum atomic E-state index is -1.22. The highest BCUT2D eigenvalue weighted by molar-refractivity contribution is 5.89. The molecule has 1 spiro atoms. The fraction of sp³-hybridized carbons (Fsp3) is 0.613. The third-order valence-corrected chi connectivity index (χ3v) is 10.1. The van der Waals surface area contributed by atoms with Gasteiger partial charge in [0.05, 0.1) is 12.0 Å². The summed E-state index contributed by atoms with van der Waals surface area (Å²) in [6.07, 6.45) is 1.15. The Morgan fingerprint density at radius 3 is 2.17 bits per heavy atom. The summed E-state index contributed by atoms with van der Waals surface area (Å²) in [5.41, 5.74) is -2.31. The van der Waals surface area contributed by atoms with E-state index in [0.29, 0.717) is 24.8 Å². The molecule has 9 nitrogen and oxygen atoms in total. The molecule has 3 fully saturated rings. The first-order chi connectivity index (χ1) is 18.8. The Bertz CT molecular complexity index is 1260. The molecule has 0 amide bonds. The van der Waals surface area contributed by atoms with Crippen molar-refractivity contribution in [3.63, 3.8) is 0 Å². The number of esters is 4. The molecule has 0 unspecified atom stereocenters. The molecular formula is C31H38O9. The molecule has 0 bridgehead atoms. The van der Waals surface area contributed by atoms with Crippen LogP contribution in [0.25, 0.3) is 0 Å². The Kier molecular flexibility index (Phi) is 6.88. The first kappa shape index (κ1) is 28.3. The number of benzene rings is 1. The van der Waals surface area contributed by atoms with Gasteiger partial charge < -0.3 is 23.7 Å². The van der Waals surface area contributed by atoms with Gasteiger partial charge in [-0.1, -0.05) is 43.7 Å². The summed E-state index contributed by atoms with van der Waals surface area (Å²) in [4.78, 5) is 50.7. The third kappa shape index (κ3) is 4.24. The molecule has 8 atom stereocenters. The summed E-state index contributed by atoms with van der Waals surface area (Å²) < 4.78 is 30.6. The Balaban J connectivity index is 1.67. The average Bonchev–Trinajstić information content (AvgIpc) is 3.25. The molecule has 4 aliphatic rings. The maximum absolute atomic E-state index is 13.3. The van der Waals surface area contributed by atoms with Gasteiger partial charge in [0.2, 0.25) is 0 Å². The molecule has 2 aliphatic heterocycles. The van der Waals surface area contributed by atoms with E-state index in [4.69, 9.17) is 23.7 Å². The quantitative estimate of drug-likeness (QED) is 0.305. The zero-order valence-electron chi connectivity index (χ0n) is 24.0. The van der Waals surface area contributed by atoms with E-state index < -0.39 is 58.3 Å². The van der Waals surface area contributed by atoms with Gasteiger partial charge in [-0.2, -0.15) is 0 Å². The van der Waals surface area contributed by atoms with Gasteiger partial charge in [0.1, 0.15) is 23.9 Å². The van der Waals surface area contributed by atoms with E-state index in [1.165, 1.54) is 13.8 Å². The third-order valence-electron chi connectivity index (χ3n) is 10.1. The van der Waals surface area contributed by atoms with E-state index >= 15 is 0 Å². The van der Waals surface area contributed by atoms with Crippen LogP contribution in [0.3, 0.4) is 0 Å². The normalized spacial score (nSPS) is 40.2. The van der Waals surface area contributed by atoms with Crippen molar-refractivity contribution in [2.24, 2.45) is 16.7 Å². The van der Waals surface area contributed by atoms with Crippen molar-refractivity contribution in [2.75, 3.05) is 6.61 Å². The Morgan fingerprint density at radius 2 is 1.57 bits per heavy atom. The second-order valence-electron chi connectivity index (χ2n) is 12.4. The van der Waals surface area contributed by atoms with Gasteiger partial charge in [0.15, 0.2) is 12.2 Å². The van der Waals surface area contributed by atoms with Crippen molar-refractivity contribution >= 4 is 23.9 Å². The van der Waals surface area contributed by atoms with Crippen LogP contribution in [0, 0.1) is 16.7 Å². The molecule has 2 heterocycles. The van der Waals surface area contributed by atoms with Gasteiger partial charge in [0.25, 0.3) is 0 Å². The van der Waals surface area contributed by atoms with Gasteiger partial charge in [-0.25, -0.2) is 4.79 Å². The fourth-order valence-electron chi connectivity index (χ4n) is 7.97. The predicted molar refractivity (Wildman–Crippen MR) is 142 cm³/mol. The summed E-state index contributed by atoms with van der Waals surface area (Å²) in [6, 6.07) is 8.82. The zero-order valence-corrected chi connectivity index (χ0v) is 24.0. The van der Waals surface area contributed by atoms with Gasteiger partial charge in [-0.15, -0.1) is 0 Å². The number of hydrogen-bond acceptors (Lipinski definition) is 9. The summed E-state index contributed by atoms with van der Waals surface area (Å²) in [7, 11) is 0. The van der Waals surface area contributed by atoms with Crippen LogP contribution in [0.5, 0.6) is 0 Å². The topological polar surface area (TPSA) is 114 Å². The van der Waals surface area contributed by atoms with Crippen LogP contribution in [0.1, 0.15) is 77.6 Å². The second-order valence-corrected chi connectivity index (χ2v) is 12.4. The second kappa shape index (κ2) is 9.72. The molecule has 216 valence electrons. The molecule has 0 aromatic heterocycles. The van der Waals surface area contributed by atoms with E-state index in [1.54, 1.807) is 24.3 Å². The number of carbonyl (C=O) groups is 4. The van der Waals surface area contributed by atoms with E-state index in [9.17, 15) is 19.2 Å². The van der Waals surface area contributed by atoms with Crippen LogP contribution in [0.15, 0.2) is 42.0 Å². The maximum atomic E-state index is 13.3. The van der Waals surface area contributed by atoms with Crippen molar-refractivity contribution in [3.05, 3.63) is 47.5 Å². The highest BCUT2D eigenvalue weighted by atomic mass is 16.6. The monoisotopic (exact) mass is 554 g/mol. The van der Waals surface area contributed by atoms with Crippen molar-refractivity contribution in [3.8, 4) is 0 Å². The number of fused-ring (bicyclic) bond motifs is 3. The zero-order chi connectivity index (χ0) is 29.1. The fourth-order valence-corrected chi connectivity index (χ4v) is 7.97. The minimum absolute atomic E-state index is 0.0803. The van der Waals surface area contributed by atoms with Crippen LogP contribution in [-0.4, -0.2) is 60.0 Å². The maximum Gasteiger partial charge on any atom is 0.338 e. The molecule has 2 saturated heterocycles. The van der Waals surface area contributed by atoms with Crippen molar-refractivity contribution in [2.45, 2.75) is 96.7 Å². The van der Waals surface area contributed by atoms with Crippen molar-refractivity contribution in [1.29, 1.82) is 0 Å². The Hall–Kier alpha value is -3.20. The number of ether oxygens (including phenoxy) is 5. The van der Waals surface area contributed by atoms with Crippen LogP contribution < -0.4 is 0 Å². The molecular weight excluding hydrogens is 516 g/mol. The molecule has 1 aromatic carbocycles. The summed E-state index contributed by atoms with van der Waals surface area (Å²) in [5.74, 6) is -2.25. The lowest BCUT2D eigenvalue weighted by molar-refractivity contribution is -0.349. The molecule has 40 heavy (non-hydrogen) atoms. The molecule has 1 aromatic rings. The van der Waals surface area contributed by atoms with E-state index in [-0.39, 0.29) is 24.9 Å². The Morgan fingerprint density at radius 1 is 0.925 bits per heavy atom. The van der Waals surface area contributed by atoms with Crippen LogP contribution in [0.4, 0.5) is 0 Å². The molecule has 5 rings (SSSR count). The number of cyclic esters (lactones) is 1. The van der Waals surface area contributed by atoms with Gasteiger partial charge >= 0.3 is 23.9 Å². The van der Waals surface area contributed by atoms with E-state index in [0.717, 1.165) is 5.57 Å². The average molecular weight is 555 g/mol. The van der Waals surface area contributed by atoms with E-state index in [1.807, 2.05) is 32.9 Å². The van der Waals surface area contributed by atoms with Gasteiger partial charge in [0, 0.05) is 37.0 Å². The number of rotatable bonds is 4. The predicted octanol–water partition coefficient (Wildman–Crippen LogP) is 4.32. The molecule has 2 aliphatic carbocycles. The van der Waals surface area contributed by atoms with Crippen LogP contribution in [0.2, 0.25) is 0 Å². The first-order valence-corrected chi connectivity index (χ1v) is 13.9. The smallest absolute Gasteiger partial charge is 0.338 e. The highest BCUT2D eigenvalue weighted by Gasteiger charge is 2.76. The summed E-state index contributed by atoms with van der Waals surface area (Å²) in [6.45, 7) is 10.6. The van der Waals surface area contributed by atoms with E-state index in [2.05, 4.69) is 6.92 Å². The summed E-state index contributed by atoms with van der Waals surface area (Å²) >= 11 is 0. The van der Waals surface area contributed by atoms with Crippen LogP contribution >= 0.6 is 0 Å². The SMILES string of the molecule is CC(=O)O[C@H]1[C@H](OC(C)=O)[C@@]2(C)O[C@@]3(CC[C@@]2(C)[C@H]2[C@H](OC(=O)c4ccccc4)CC=C(C)[C@]12C)COC(=O)C3. The number of carbonyl (C=O) groups excluding carboxylic acids is 4. The highest BCUT2D eigenvalue weighted by Crippen LogP contribution is 2.68. The summed E-state index contributed by atoms with van der Waals surface area (Å²) in [5, 5.41) is 0. The van der Waals surface area contributed by atoms with Crippen LogP contribution in [-0.2, 0) is 38.1 Å². The molecule has 1 saturated carbocycles. The lowest BCUT2D eigenvalue weighted by atomic mass is 9.41. The first-order valence-electron chi connectivity index (χ1n) is 13.9. The van der Waals surface area contributed by atoms with Crippen molar-refractivity contribution in [1.82, 2.24) is 0 Å². The minimum Gasteiger partial charge on any atom is -0.463 e. The lowest BCUT2D eigenvalue weighted by Crippen LogP contribution is -2.78. The number of hydrogen-bond donors (Lipinski definition) is 0. The van der Waals surface area contributed by atoms with Gasteiger partial charge in [-0.05, 0) is 38.8 Å².